The number of hydrogen-bond donors (Lipinski definition) is 0. The SMILES string of the molecule is O=C(Cc1c(Cl)cccc1Cl)OCC(=O)N1CCN(S(=O)(=O)Cc2ccccc2)CC1. The molecule has 1 saturated heterocycles. The highest BCUT2D eigenvalue weighted by Crippen LogP contribution is 2.25. The van der Waals surface area contributed by atoms with Crippen LogP contribution in [0, 0.1) is 0 Å². The van der Waals surface area contributed by atoms with Crippen molar-refractivity contribution in [3.8, 4) is 0 Å². The van der Waals surface area contributed by atoms with Crippen molar-refractivity contribution >= 4 is 45.1 Å². The van der Waals surface area contributed by atoms with Gasteiger partial charge >= 0.3 is 5.97 Å². The number of amides is 1. The van der Waals surface area contributed by atoms with Gasteiger partial charge in [0.2, 0.25) is 10.0 Å². The Labute approximate surface area is 191 Å². The lowest BCUT2D eigenvalue weighted by Crippen LogP contribution is -2.51. The number of piperazine rings is 1. The molecule has 10 heteroatoms. The van der Waals surface area contributed by atoms with Gasteiger partial charge in [-0.2, -0.15) is 4.31 Å². The van der Waals surface area contributed by atoms with Crippen LogP contribution in [-0.2, 0) is 36.5 Å². The molecule has 0 aliphatic carbocycles. The summed E-state index contributed by atoms with van der Waals surface area (Å²) in [6, 6.07) is 13.9. The van der Waals surface area contributed by atoms with Gasteiger partial charge in [0.1, 0.15) is 0 Å². The molecule has 0 aromatic heterocycles. The van der Waals surface area contributed by atoms with Crippen LogP contribution in [0.4, 0.5) is 0 Å². The number of rotatable bonds is 7. The number of carbonyl (C=O) groups excluding carboxylic acids is 2. The lowest BCUT2D eigenvalue weighted by molar-refractivity contribution is -0.152. The number of halogens is 2. The number of benzene rings is 2. The molecular weight excluding hydrogens is 463 g/mol. The maximum Gasteiger partial charge on any atom is 0.310 e. The molecule has 2 aromatic carbocycles. The van der Waals surface area contributed by atoms with Crippen LogP contribution < -0.4 is 0 Å². The van der Waals surface area contributed by atoms with Gasteiger partial charge in [0.25, 0.3) is 5.91 Å². The Morgan fingerprint density at radius 3 is 2.13 bits per heavy atom. The second-order valence-corrected chi connectivity index (χ2v) is 9.84. The molecule has 1 fully saturated rings. The summed E-state index contributed by atoms with van der Waals surface area (Å²) in [6.07, 6.45) is -0.142. The van der Waals surface area contributed by atoms with Crippen LogP contribution in [0.5, 0.6) is 0 Å². The van der Waals surface area contributed by atoms with E-state index in [4.69, 9.17) is 27.9 Å². The number of hydrogen-bond acceptors (Lipinski definition) is 5. The Morgan fingerprint density at radius 1 is 0.903 bits per heavy atom. The van der Waals surface area contributed by atoms with Crippen LogP contribution >= 0.6 is 23.2 Å². The average molecular weight is 485 g/mol. The number of carbonyl (C=O) groups is 2. The standard InChI is InChI=1S/C21H22Cl2N2O5S/c22-18-7-4-8-19(23)17(18)13-21(27)30-14-20(26)24-9-11-25(12-10-24)31(28,29)15-16-5-2-1-3-6-16/h1-8H,9-15H2. The van der Waals surface area contributed by atoms with Crippen LogP contribution in [0.1, 0.15) is 11.1 Å². The third kappa shape index (κ3) is 6.43. The topological polar surface area (TPSA) is 84.0 Å². The molecule has 1 aliphatic rings. The van der Waals surface area contributed by atoms with Gasteiger partial charge < -0.3 is 9.64 Å². The minimum Gasteiger partial charge on any atom is -0.455 e. The van der Waals surface area contributed by atoms with E-state index in [0.717, 1.165) is 0 Å². The summed E-state index contributed by atoms with van der Waals surface area (Å²) in [7, 11) is -3.47. The number of ether oxygens (including phenoxy) is 1. The maximum atomic E-state index is 12.6. The maximum absolute atomic E-state index is 12.6. The van der Waals surface area contributed by atoms with Gasteiger partial charge in [-0.1, -0.05) is 59.6 Å². The summed E-state index contributed by atoms with van der Waals surface area (Å²) < 4.78 is 31.7. The molecule has 0 spiro atoms. The minimum atomic E-state index is -3.47. The third-order valence-electron chi connectivity index (χ3n) is 4.92. The normalized spacial score (nSPS) is 15.0. The van der Waals surface area contributed by atoms with Gasteiger partial charge in [-0.3, -0.25) is 9.59 Å². The van der Waals surface area contributed by atoms with Crippen LogP contribution in [0.15, 0.2) is 48.5 Å². The van der Waals surface area contributed by atoms with E-state index < -0.39 is 22.6 Å². The van der Waals surface area contributed by atoms with Gasteiger partial charge in [-0.15, -0.1) is 0 Å². The molecular formula is C21H22Cl2N2O5S. The van der Waals surface area contributed by atoms with E-state index in [1.807, 2.05) is 6.07 Å². The molecule has 1 amide bonds. The minimum absolute atomic E-state index is 0.0794. The molecule has 0 N–H and O–H groups in total. The fourth-order valence-electron chi connectivity index (χ4n) is 3.22. The Morgan fingerprint density at radius 2 is 1.52 bits per heavy atom. The summed E-state index contributed by atoms with van der Waals surface area (Å²) in [5.74, 6) is -1.07. The smallest absolute Gasteiger partial charge is 0.310 e. The van der Waals surface area contributed by atoms with E-state index in [1.165, 1.54) is 9.21 Å². The van der Waals surface area contributed by atoms with Gasteiger partial charge in [0.05, 0.1) is 12.2 Å². The first-order chi connectivity index (χ1) is 14.8. The van der Waals surface area contributed by atoms with E-state index in [9.17, 15) is 18.0 Å². The second-order valence-electron chi connectivity index (χ2n) is 7.06. The van der Waals surface area contributed by atoms with Gasteiger partial charge in [-0.25, -0.2) is 8.42 Å². The van der Waals surface area contributed by atoms with Crippen LogP contribution in [0.3, 0.4) is 0 Å². The molecule has 0 unspecified atom stereocenters. The van der Waals surface area contributed by atoms with Crippen molar-refractivity contribution in [1.82, 2.24) is 9.21 Å². The molecule has 2 aromatic rings. The van der Waals surface area contributed by atoms with Crippen LogP contribution in [0.25, 0.3) is 0 Å². The zero-order valence-corrected chi connectivity index (χ0v) is 19.0. The van der Waals surface area contributed by atoms with Crippen molar-refractivity contribution in [1.29, 1.82) is 0 Å². The number of nitrogens with zero attached hydrogens (tertiary/aromatic N) is 2. The largest absolute Gasteiger partial charge is 0.455 e. The third-order valence-corrected chi connectivity index (χ3v) is 7.47. The molecule has 0 bridgehead atoms. The number of esters is 1. The van der Waals surface area contributed by atoms with E-state index in [-0.39, 0.29) is 44.3 Å². The fourth-order valence-corrected chi connectivity index (χ4v) is 5.27. The van der Waals surface area contributed by atoms with Crippen molar-refractivity contribution in [3.05, 3.63) is 69.7 Å². The molecule has 31 heavy (non-hydrogen) atoms. The summed E-state index contributed by atoms with van der Waals surface area (Å²) in [4.78, 5) is 25.9. The first kappa shape index (κ1) is 23.5. The lowest BCUT2D eigenvalue weighted by Gasteiger charge is -2.33. The quantitative estimate of drug-likeness (QED) is 0.564. The molecule has 166 valence electrons. The highest BCUT2D eigenvalue weighted by molar-refractivity contribution is 7.88. The molecule has 3 rings (SSSR count). The average Bonchev–Trinajstić information content (AvgIpc) is 2.75. The van der Waals surface area contributed by atoms with Crippen molar-refractivity contribution in [2.24, 2.45) is 0 Å². The molecule has 7 nitrogen and oxygen atoms in total. The Bertz CT molecular complexity index is 1020. The van der Waals surface area contributed by atoms with Gasteiger partial charge in [0.15, 0.2) is 6.61 Å². The Hall–Kier alpha value is -2.13. The highest BCUT2D eigenvalue weighted by Gasteiger charge is 2.29. The van der Waals surface area contributed by atoms with Crippen molar-refractivity contribution in [3.63, 3.8) is 0 Å². The van der Waals surface area contributed by atoms with E-state index in [0.29, 0.717) is 21.2 Å². The second kappa shape index (κ2) is 10.5. The predicted octanol–water partition coefficient (Wildman–Crippen LogP) is 2.75. The first-order valence-electron chi connectivity index (χ1n) is 9.64. The fraction of sp³-hybridized carbons (Fsp3) is 0.333. The Kier molecular flexibility index (Phi) is 7.94. The van der Waals surface area contributed by atoms with Gasteiger partial charge in [-0.05, 0) is 17.7 Å². The van der Waals surface area contributed by atoms with Crippen LogP contribution in [0.2, 0.25) is 10.0 Å². The number of sulfonamides is 1. The van der Waals surface area contributed by atoms with E-state index in [2.05, 4.69) is 0 Å². The summed E-state index contributed by atoms with van der Waals surface area (Å²) in [6.45, 7) is 0.452. The van der Waals surface area contributed by atoms with Crippen molar-refractivity contribution in [2.75, 3.05) is 32.8 Å². The van der Waals surface area contributed by atoms with E-state index in [1.54, 1.807) is 42.5 Å². The van der Waals surface area contributed by atoms with Crippen molar-refractivity contribution < 1.29 is 22.7 Å². The lowest BCUT2D eigenvalue weighted by atomic mass is 10.1. The molecule has 1 aliphatic heterocycles. The zero-order valence-electron chi connectivity index (χ0n) is 16.7. The monoisotopic (exact) mass is 484 g/mol. The van der Waals surface area contributed by atoms with Crippen LogP contribution in [-0.4, -0.2) is 62.3 Å². The molecule has 0 radical (unpaired) electrons. The summed E-state index contributed by atoms with van der Waals surface area (Å²) >= 11 is 12.1. The summed E-state index contributed by atoms with van der Waals surface area (Å²) in [5, 5.41) is 0.701. The Balaban J connectivity index is 1.46. The van der Waals surface area contributed by atoms with Crippen molar-refractivity contribution in [2.45, 2.75) is 12.2 Å². The predicted molar refractivity (Wildman–Crippen MR) is 118 cm³/mol. The first-order valence-corrected chi connectivity index (χ1v) is 12.0. The molecule has 1 heterocycles. The highest BCUT2D eigenvalue weighted by atomic mass is 35.5. The van der Waals surface area contributed by atoms with E-state index >= 15 is 0 Å². The molecule has 0 saturated carbocycles. The molecule has 0 atom stereocenters. The zero-order chi connectivity index (χ0) is 22.4. The van der Waals surface area contributed by atoms with Gasteiger partial charge in [0, 0.05) is 41.8 Å². The summed E-state index contributed by atoms with van der Waals surface area (Å²) in [5.41, 5.74) is 1.16.